The molecule has 0 radical (unpaired) electrons. The van der Waals surface area contributed by atoms with Crippen LogP contribution in [0.15, 0.2) is 29.2 Å². The van der Waals surface area contributed by atoms with Gasteiger partial charge in [0, 0.05) is 6.54 Å². The van der Waals surface area contributed by atoms with E-state index >= 15 is 0 Å². The molecule has 0 aliphatic carbocycles. The zero-order chi connectivity index (χ0) is 16.8. The van der Waals surface area contributed by atoms with Crippen molar-refractivity contribution in [1.29, 1.82) is 0 Å². The SMILES string of the molecule is CCCOc1ccc(C=C2SC(=S)N(CCC(=O)O)C2=O)cc1. The smallest absolute Gasteiger partial charge is 0.305 e. The van der Waals surface area contributed by atoms with Gasteiger partial charge < -0.3 is 9.84 Å². The minimum absolute atomic E-state index is 0.0983. The molecule has 1 amide bonds. The molecule has 0 atom stereocenters. The van der Waals surface area contributed by atoms with E-state index in [1.807, 2.05) is 31.2 Å². The van der Waals surface area contributed by atoms with Crippen molar-refractivity contribution in [2.45, 2.75) is 19.8 Å². The van der Waals surface area contributed by atoms with Crippen LogP contribution in [0.25, 0.3) is 6.08 Å². The molecule has 0 spiro atoms. The normalized spacial score (nSPS) is 16.2. The summed E-state index contributed by atoms with van der Waals surface area (Å²) in [6.45, 7) is 2.81. The summed E-state index contributed by atoms with van der Waals surface area (Å²) < 4.78 is 5.91. The Morgan fingerprint density at radius 1 is 1.39 bits per heavy atom. The summed E-state index contributed by atoms with van der Waals surface area (Å²) in [5.74, 6) is -0.406. The average Bonchev–Trinajstić information content (AvgIpc) is 2.78. The van der Waals surface area contributed by atoms with E-state index in [1.165, 1.54) is 16.7 Å². The summed E-state index contributed by atoms with van der Waals surface area (Å²) >= 11 is 6.34. The fourth-order valence-electron chi connectivity index (χ4n) is 1.93. The van der Waals surface area contributed by atoms with E-state index in [2.05, 4.69) is 0 Å². The van der Waals surface area contributed by atoms with Crippen LogP contribution in [0.4, 0.5) is 0 Å². The maximum absolute atomic E-state index is 12.3. The van der Waals surface area contributed by atoms with Gasteiger partial charge in [0.2, 0.25) is 0 Å². The Kier molecular flexibility index (Phi) is 6.18. The fourth-order valence-corrected chi connectivity index (χ4v) is 3.24. The molecule has 122 valence electrons. The van der Waals surface area contributed by atoms with Gasteiger partial charge in [-0.15, -0.1) is 0 Å². The lowest BCUT2D eigenvalue weighted by Gasteiger charge is -2.12. The minimum atomic E-state index is -0.953. The van der Waals surface area contributed by atoms with Gasteiger partial charge in [-0.3, -0.25) is 14.5 Å². The lowest BCUT2D eigenvalue weighted by Crippen LogP contribution is -2.30. The first kappa shape index (κ1) is 17.5. The third kappa shape index (κ3) is 4.80. The Bertz CT molecular complexity index is 640. The molecule has 1 saturated heterocycles. The van der Waals surface area contributed by atoms with Crippen LogP contribution in [0.3, 0.4) is 0 Å². The van der Waals surface area contributed by atoms with Gasteiger partial charge >= 0.3 is 5.97 Å². The van der Waals surface area contributed by atoms with Crippen LogP contribution in [0.2, 0.25) is 0 Å². The third-order valence-electron chi connectivity index (χ3n) is 3.07. The number of benzene rings is 1. The summed E-state index contributed by atoms with van der Waals surface area (Å²) in [6, 6.07) is 7.45. The summed E-state index contributed by atoms with van der Waals surface area (Å²) in [5, 5.41) is 8.72. The molecule has 1 aliphatic heterocycles. The van der Waals surface area contributed by atoms with Crippen LogP contribution in [-0.4, -0.2) is 39.4 Å². The number of carbonyl (C=O) groups excluding carboxylic acids is 1. The predicted molar refractivity (Wildman–Crippen MR) is 94.4 cm³/mol. The van der Waals surface area contributed by atoms with Crippen molar-refractivity contribution in [3.8, 4) is 5.75 Å². The molecule has 0 unspecified atom stereocenters. The third-order valence-corrected chi connectivity index (χ3v) is 4.45. The zero-order valence-electron chi connectivity index (χ0n) is 12.7. The van der Waals surface area contributed by atoms with Crippen molar-refractivity contribution in [2.24, 2.45) is 0 Å². The molecule has 23 heavy (non-hydrogen) atoms. The monoisotopic (exact) mass is 351 g/mol. The number of amides is 1. The number of carboxylic acids is 1. The average molecular weight is 351 g/mol. The molecule has 1 aromatic carbocycles. The van der Waals surface area contributed by atoms with Crippen LogP contribution >= 0.6 is 24.0 Å². The van der Waals surface area contributed by atoms with Crippen molar-refractivity contribution in [2.75, 3.05) is 13.2 Å². The molecule has 1 fully saturated rings. The number of nitrogens with zero attached hydrogens (tertiary/aromatic N) is 1. The van der Waals surface area contributed by atoms with Gasteiger partial charge in [0.15, 0.2) is 0 Å². The molecule has 2 rings (SSSR count). The molecule has 1 aromatic rings. The minimum Gasteiger partial charge on any atom is -0.494 e. The summed E-state index contributed by atoms with van der Waals surface area (Å²) in [6.07, 6.45) is 2.58. The highest BCUT2D eigenvalue weighted by Gasteiger charge is 2.31. The number of carboxylic acid groups (broad SMARTS) is 1. The molecule has 1 heterocycles. The van der Waals surface area contributed by atoms with E-state index in [4.69, 9.17) is 22.1 Å². The largest absolute Gasteiger partial charge is 0.494 e. The number of thioether (sulfide) groups is 1. The molecule has 0 saturated carbocycles. The lowest BCUT2D eigenvalue weighted by molar-refractivity contribution is -0.137. The second kappa shape index (κ2) is 8.12. The van der Waals surface area contributed by atoms with E-state index in [1.54, 1.807) is 6.08 Å². The number of carbonyl (C=O) groups is 2. The van der Waals surface area contributed by atoms with E-state index < -0.39 is 5.97 Å². The predicted octanol–water partition coefficient (Wildman–Crippen LogP) is 3.15. The van der Waals surface area contributed by atoms with Gasteiger partial charge in [-0.1, -0.05) is 43.0 Å². The maximum atomic E-state index is 12.3. The van der Waals surface area contributed by atoms with Crippen LogP contribution in [-0.2, 0) is 9.59 Å². The number of ether oxygens (including phenoxy) is 1. The molecular weight excluding hydrogens is 334 g/mol. The first-order valence-corrected chi connectivity index (χ1v) is 8.43. The Morgan fingerprint density at radius 3 is 2.70 bits per heavy atom. The number of aliphatic carboxylic acids is 1. The van der Waals surface area contributed by atoms with Gasteiger partial charge in [0.1, 0.15) is 10.1 Å². The highest BCUT2D eigenvalue weighted by molar-refractivity contribution is 8.26. The van der Waals surface area contributed by atoms with Crippen molar-refractivity contribution in [3.05, 3.63) is 34.7 Å². The second-order valence-electron chi connectivity index (χ2n) is 4.89. The van der Waals surface area contributed by atoms with Gasteiger partial charge in [-0.2, -0.15) is 0 Å². The summed E-state index contributed by atoms with van der Waals surface area (Å²) in [4.78, 5) is 24.7. The fraction of sp³-hybridized carbons (Fsp3) is 0.312. The summed E-state index contributed by atoms with van der Waals surface area (Å²) in [7, 11) is 0. The van der Waals surface area contributed by atoms with E-state index in [-0.39, 0.29) is 18.9 Å². The topological polar surface area (TPSA) is 66.8 Å². The summed E-state index contributed by atoms with van der Waals surface area (Å²) in [5.41, 5.74) is 0.868. The molecule has 7 heteroatoms. The first-order valence-electron chi connectivity index (χ1n) is 7.21. The molecule has 0 aromatic heterocycles. The highest BCUT2D eigenvalue weighted by Crippen LogP contribution is 2.32. The first-order chi connectivity index (χ1) is 11.0. The number of hydrogen-bond acceptors (Lipinski definition) is 5. The van der Waals surface area contributed by atoms with Crippen LogP contribution in [0.5, 0.6) is 5.75 Å². The van der Waals surface area contributed by atoms with Crippen molar-refractivity contribution in [1.82, 2.24) is 4.90 Å². The highest BCUT2D eigenvalue weighted by atomic mass is 32.2. The van der Waals surface area contributed by atoms with Gasteiger partial charge in [-0.25, -0.2) is 0 Å². The van der Waals surface area contributed by atoms with Crippen LogP contribution in [0.1, 0.15) is 25.3 Å². The maximum Gasteiger partial charge on any atom is 0.305 e. The van der Waals surface area contributed by atoms with Crippen LogP contribution in [0, 0.1) is 0 Å². The van der Waals surface area contributed by atoms with Gasteiger partial charge in [0.05, 0.1) is 17.9 Å². The van der Waals surface area contributed by atoms with E-state index in [0.717, 1.165) is 17.7 Å². The van der Waals surface area contributed by atoms with E-state index in [0.29, 0.717) is 15.8 Å². The van der Waals surface area contributed by atoms with Gasteiger partial charge in [0.25, 0.3) is 5.91 Å². The molecular formula is C16H17NO4S2. The Balaban J connectivity index is 2.06. The standard InChI is InChI=1S/C16H17NO4S2/c1-2-9-21-12-5-3-11(4-6-12)10-13-15(20)17(16(22)23-13)8-7-14(18)19/h3-6,10H,2,7-9H2,1H3,(H,18,19). The molecule has 1 N–H and O–H groups in total. The molecule has 1 aliphatic rings. The Morgan fingerprint density at radius 2 is 2.09 bits per heavy atom. The Hall–Kier alpha value is -1.86. The zero-order valence-corrected chi connectivity index (χ0v) is 14.3. The molecule has 5 nitrogen and oxygen atoms in total. The number of hydrogen-bond donors (Lipinski definition) is 1. The number of thiocarbonyl (C=S) groups is 1. The molecule has 0 bridgehead atoms. The van der Waals surface area contributed by atoms with Crippen molar-refractivity contribution >= 4 is 46.3 Å². The quantitative estimate of drug-likeness (QED) is 0.601. The Labute approximate surface area is 144 Å². The van der Waals surface area contributed by atoms with E-state index in [9.17, 15) is 9.59 Å². The lowest BCUT2D eigenvalue weighted by atomic mass is 10.2. The van der Waals surface area contributed by atoms with Crippen molar-refractivity contribution < 1.29 is 19.4 Å². The van der Waals surface area contributed by atoms with Crippen molar-refractivity contribution in [3.63, 3.8) is 0 Å². The number of rotatable bonds is 7. The second-order valence-corrected chi connectivity index (χ2v) is 6.57. The van der Waals surface area contributed by atoms with Gasteiger partial charge in [-0.05, 0) is 30.2 Å². The van der Waals surface area contributed by atoms with Crippen LogP contribution < -0.4 is 4.74 Å².